The minimum Gasteiger partial charge on any atom is -0.497 e. The van der Waals surface area contributed by atoms with Gasteiger partial charge in [0, 0.05) is 23.5 Å². The molecule has 2 amide bonds. The molecule has 10 heteroatoms. The summed E-state index contributed by atoms with van der Waals surface area (Å²) >= 11 is 3.38. The number of nitrogens with one attached hydrogen (secondary N) is 1. The van der Waals surface area contributed by atoms with Crippen LogP contribution >= 0.6 is 15.9 Å². The summed E-state index contributed by atoms with van der Waals surface area (Å²) < 4.78 is 32.8. The predicted octanol–water partition coefficient (Wildman–Crippen LogP) is 4.78. The van der Waals surface area contributed by atoms with Gasteiger partial charge in [0.05, 0.1) is 19.1 Å². The van der Waals surface area contributed by atoms with Crippen molar-refractivity contribution >= 4 is 43.5 Å². The second kappa shape index (κ2) is 14.3. The van der Waals surface area contributed by atoms with Crippen molar-refractivity contribution in [1.82, 2.24) is 10.2 Å². The average molecular weight is 631 g/mol. The molecule has 0 bridgehead atoms. The Kier molecular flexibility index (Phi) is 11.2. The molecule has 0 unspecified atom stereocenters. The van der Waals surface area contributed by atoms with E-state index >= 15 is 0 Å². The van der Waals surface area contributed by atoms with Gasteiger partial charge in [0.25, 0.3) is 0 Å². The van der Waals surface area contributed by atoms with E-state index in [-0.39, 0.29) is 24.9 Å². The maximum absolute atomic E-state index is 14.1. The van der Waals surface area contributed by atoms with Crippen LogP contribution in [-0.2, 0) is 32.6 Å². The second-order valence-electron chi connectivity index (χ2n) is 9.65. The van der Waals surface area contributed by atoms with Crippen molar-refractivity contribution in [2.45, 2.75) is 45.3 Å². The Morgan fingerprint density at radius 3 is 2.27 bits per heavy atom. The Bertz CT molecular complexity index is 1400. The molecule has 3 rings (SSSR count). The molecule has 0 aliphatic heterocycles. The van der Waals surface area contributed by atoms with Crippen LogP contribution in [0.3, 0.4) is 0 Å². The summed E-state index contributed by atoms with van der Waals surface area (Å²) in [6.07, 6.45) is 2.04. The third-order valence-corrected chi connectivity index (χ3v) is 8.17. The van der Waals surface area contributed by atoms with E-state index in [0.29, 0.717) is 15.9 Å². The highest BCUT2D eigenvalue weighted by atomic mass is 79.9. The Morgan fingerprint density at radius 1 is 0.975 bits per heavy atom. The number of nitrogens with zero attached hydrogens (tertiary/aromatic N) is 2. The van der Waals surface area contributed by atoms with Crippen LogP contribution in [0.25, 0.3) is 0 Å². The average Bonchev–Trinajstić information content (AvgIpc) is 2.93. The molecule has 0 fully saturated rings. The number of carbonyl (C=O) groups excluding carboxylic acids is 2. The number of anilines is 1. The summed E-state index contributed by atoms with van der Waals surface area (Å²) in [5.41, 5.74) is 1.97. The number of ether oxygens (including phenoxy) is 1. The van der Waals surface area contributed by atoms with Crippen LogP contribution in [0.1, 0.15) is 31.4 Å². The van der Waals surface area contributed by atoms with Gasteiger partial charge in [0.15, 0.2) is 0 Å². The van der Waals surface area contributed by atoms with E-state index in [1.54, 1.807) is 43.5 Å². The SMILES string of the molecule is CC[C@@H](C)NC(=O)[C@H](Cc1ccccc1)N(Cc1cccc(OC)c1)C(=O)CN(c1cccc(Br)c1)S(C)(=O)=O. The standard InChI is InChI=1S/C30H36BrN3O5S/c1-5-22(2)32-30(36)28(18-23-11-7-6-8-12-23)33(20-24-13-9-16-27(17-24)39-3)29(35)21-34(40(4,37)38)26-15-10-14-25(31)19-26/h6-17,19,22,28H,5,18,20-21H2,1-4H3,(H,32,36)/t22-,28+/m1/s1. The molecule has 0 spiro atoms. The summed E-state index contributed by atoms with van der Waals surface area (Å²) in [6, 6.07) is 22.5. The smallest absolute Gasteiger partial charge is 0.244 e. The predicted molar refractivity (Wildman–Crippen MR) is 162 cm³/mol. The van der Waals surface area contributed by atoms with Crippen LogP contribution in [0.4, 0.5) is 5.69 Å². The van der Waals surface area contributed by atoms with Crippen LogP contribution in [0.15, 0.2) is 83.3 Å². The Hall–Kier alpha value is -3.37. The first-order valence-corrected chi connectivity index (χ1v) is 15.7. The molecule has 0 aliphatic carbocycles. The highest BCUT2D eigenvalue weighted by Gasteiger charge is 2.33. The fourth-order valence-corrected chi connectivity index (χ4v) is 5.44. The lowest BCUT2D eigenvalue weighted by atomic mass is 10.0. The Morgan fingerprint density at radius 2 is 1.65 bits per heavy atom. The fraction of sp³-hybridized carbons (Fsp3) is 0.333. The normalized spacial score (nSPS) is 12.7. The van der Waals surface area contributed by atoms with E-state index in [9.17, 15) is 18.0 Å². The molecule has 40 heavy (non-hydrogen) atoms. The third kappa shape index (κ3) is 8.82. The minimum atomic E-state index is -3.83. The van der Waals surface area contributed by atoms with Crippen molar-refractivity contribution < 1.29 is 22.7 Å². The first kappa shape index (κ1) is 31.2. The molecule has 0 saturated heterocycles. The maximum atomic E-state index is 14.1. The van der Waals surface area contributed by atoms with E-state index in [4.69, 9.17) is 4.74 Å². The number of rotatable bonds is 13. The van der Waals surface area contributed by atoms with Crippen LogP contribution in [-0.4, -0.2) is 57.1 Å². The van der Waals surface area contributed by atoms with Gasteiger partial charge < -0.3 is 15.0 Å². The summed E-state index contributed by atoms with van der Waals surface area (Å²) in [5.74, 6) is -0.197. The van der Waals surface area contributed by atoms with E-state index in [1.165, 1.54) is 4.90 Å². The number of carbonyl (C=O) groups is 2. The van der Waals surface area contributed by atoms with E-state index in [2.05, 4.69) is 21.2 Å². The summed E-state index contributed by atoms with van der Waals surface area (Å²) in [7, 11) is -2.27. The Balaban J connectivity index is 2.07. The first-order valence-electron chi connectivity index (χ1n) is 13.0. The molecule has 0 saturated carbocycles. The molecule has 214 valence electrons. The van der Waals surface area contributed by atoms with Gasteiger partial charge in [-0.25, -0.2) is 8.42 Å². The first-order chi connectivity index (χ1) is 19.0. The van der Waals surface area contributed by atoms with Crippen LogP contribution in [0, 0.1) is 0 Å². The number of halogens is 1. The van der Waals surface area contributed by atoms with Crippen molar-refractivity contribution in [2.24, 2.45) is 0 Å². The largest absolute Gasteiger partial charge is 0.497 e. The van der Waals surface area contributed by atoms with Gasteiger partial charge in [-0.15, -0.1) is 0 Å². The zero-order valence-corrected chi connectivity index (χ0v) is 25.6. The van der Waals surface area contributed by atoms with Crippen LogP contribution in [0.2, 0.25) is 0 Å². The van der Waals surface area contributed by atoms with Gasteiger partial charge in [-0.2, -0.15) is 0 Å². The number of methoxy groups -OCH3 is 1. The van der Waals surface area contributed by atoms with Crippen LogP contribution < -0.4 is 14.4 Å². The van der Waals surface area contributed by atoms with Gasteiger partial charge in [-0.1, -0.05) is 71.4 Å². The zero-order valence-electron chi connectivity index (χ0n) is 23.2. The second-order valence-corrected chi connectivity index (χ2v) is 12.5. The highest BCUT2D eigenvalue weighted by Crippen LogP contribution is 2.24. The lowest BCUT2D eigenvalue weighted by molar-refractivity contribution is -0.140. The lowest BCUT2D eigenvalue weighted by Crippen LogP contribution is -2.54. The van der Waals surface area contributed by atoms with Crippen molar-refractivity contribution in [3.8, 4) is 5.75 Å². The molecule has 0 aromatic heterocycles. The number of amides is 2. The minimum absolute atomic E-state index is 0.0809. The highest BCUT2D eigenvalue weighted by molar-refractivity contribution is 9.10. The summed E-state index contributed by atoms with van der Waals surface area (Å²) in [4.78, 5) is 29.3. The van der Waals surface area contributed by atoms with Crippen molar-refractivity contribution in [2.75, 3.05) is 24.2 Å². The van der Waals surface area contributed by atoms with Gasteiger partial charge in [-0.3, -0.25) is 13.9 Å². The van der Waals surface area contributed by atoms with Gasteiger partial charge >= 0.3 is 0 Å². The molecule has 1 N–H and O–H groups in total. The number of sulfonamides is 1. The fourth-order valence-electron chi connectivity index (χ4n) is 4.21. The van der Waals surface area contributed by atoms with Crippen molar-refractivity contribution in [1.29, 1.82) is 0 Å². The number of hydrogen-bond donors (Lipinski definition) is 1. The molecular formula is C30H36BrN3O5S. The number of hydrogen-bond acceptors (Lipinski definition) is 5. The van der Waals surface area contributed by atoms with Crippen molar-refractivity contribution in [3.05, 3.63) is 94.5 Å². The summed E-state index contributed by atoms with van der Waals surface area (Å²) in [5, 5.41) is 3.02. The molecule has 0 heterocycles. The van der Waals surface area contributed by atoms with Crippen LogP contribution in [0.5, 0.6) is 5.75 Å². The molecule has 2 atom stereocenters. The monoisotopic (exact) mass is 629 g/mol. The molecule has 0 aliphatic rings. The molecule has 3 aromatic rings. The van der Waals surface area contributed by atoms with Gasteiger partial charge in [0.2, 0.25) is 21.8 Å². The topological polar surface area (TPSA) is 96.0 Å². The quantitative estimate of drug-likeness (QED) is 0.294. The summed E-state index contributed by atoms with van der Waals surface area (Å²) in [6.45, 7) is 3.49. The molecule has 8 nitrogen and oxygen atoms in total. The third-order valence-electron chi connectivity index (χ3n) is 6.53. The molecule has 0 radical (unpaired) electrons. The van der Waals surface area contributed by atoms with E-state index in [0.717, 1.165) is 28.1 Å². The Labute approximate surface area is 245 Å². The maximum Gasteiger partial charge on any atom is 0.244 e. The molecular weight excluding hydrogens is 594 g/mol. The zero-order chi connectivity index (χ0) is 29.3. The van der Waals surface area contributed by atoms with E-state index < -0.39 is 28.5 Å². The lowest BCUT2D eigenvalue weighted by Gasteiger charge is -2.34. The number of benzene rings is 3. The molecule has 3 aromatic carbocycles. The van der Waals surface area contributed by atoms with Gasteiger partial charge in [-0.05, 0) is 54.8 Å². The van der Waals surface area contributed by atoms with E-state index in [1.807, 2.05) is 56.3 Å². The van der Waals surface area contributed by atoms with Gasteiger partial charge in [0.1, 0.15) is 18.3 Å². The van der Waals surface area contributed by atoms with Crippen molar-refractivity contribution in [3.63, 3.8) is 0 Å².